The van der Waals surface area contributed by atoms with E-state index in [2.05, 4.69) is 45.2 Å². The molecule has 6 heteroatoms. The Morgan fingerprint density at radius 3 is 2.85 bits per heavy atom. The lowest BCUT2D eigenvalue weighted by Gasteiger charge is -2.07. The Morgan fingerprint density at radius 1 is 1.40 bits per heavy atom. The summed E-state index contributed by atoms with van der Waals surface area (Å²) in [5.74, 6) is 0. The zero-order chi connectivity index (χ0) is 14.5. The zero-order valence-corrected chi connectivity index (χ0v) is 14.4. The zero-order valence-electron chi connectivity index (χ0n) is 12.0. The Bertz CT molecular complexity index is 565. The third kappa shape index (κ3) is 3.84. The Kier molecular flexibility index (Phi) is 5.63. The highest BCUT2D eigenvalue weighted by Crippen LogP contribution is 2.30. The highest BCUT2D eigenvalue weighted by Gasteiger charge is 2.14. The van der Waals surface area contributed by atoms with Crippen molar-refractivity contribution in [1.29, 1.82) is 0 Å². The summed E-state index contributed by atoms with van der Waals surface area (Å²) in [6, 6.07) is 4.02. The molecule has 0 aliphatic carbocycles. The lowest BCUT2D eigenvalue weighted by molar-refractivity contribution is 0.652. The van der Waals surface area contributed by atoms with E-state index in [1.54, 1.807) is 11.8 Å². The summed E-state index contributed by atoms with van der Waals surface area (Å²) in [7, 11) is 1.98. The summed E-state index contributed by atoms with van der Waals surface area (Å²) < 4.78 is 2.93. The number of hydrogen-bond acceptors (Lipinski definition) is 4. The van der Waals surface area contributed by atoms with Gasteiger partial charge in [0.05, 0.1) is 5.69 Å². The molecule has 0 aliphatic rings. The lowest BCUT2D eigenvalue weighted by atomic mass is 10.2. The molecule has 20 heavy (non-hydrogen) atoms. The molecule has 0 bridgehead atoms. The Labute approximate surface area is 132 Å². The van der Waals surface area contributed by atoms with Crippen LogP contribution in [0.1, 0.15) is 24.6 Å². The molecule has 2 rings (SSSR count). The fourth-order valence-electron chi connectivity index (χ4n) is 1.92. The second kappa shape index (κ2) is 7.24. The summed E-state index contributed by atoms with van der Waals surface area (Å²) in [5, 5.41) is 10.1. The number of halogens is 1. The van der Waals surface area contributed by atoms with Gasteiger partial charge in [-0.05, 0) is 48.0 Å². The molecular weight excluding hydrogens is 336 g/mol. The van der Waals surface area contributed by atoms with E-state index in [0.717, 1.165) is 39.7 Å². The summed E-state index contributed by atoms with van der Waals surface area (Å²) in [4.78, 5) is 4.42. The first-order valence-corrected chi connectivity index (χ1v) is 8.25. The molecule has 0 radical (unpaired) electrons. The van der Waals surface area contributed by atoms with Crippen LogP contribution in [0.2, 0.25) is 0 Å². The molecule has 4 nitrogen and oxygen atoms in total. The average molecular weight is 355 g/mol. The van der Waals surface area contributed by atoms with Gasteiger partial charge in [-0.1, -0.05) is 18.7 Å². The van der Waals surface area contributed by atoms with Crippen LogP contribution in [0.15, 0.2) is 32.9 Å². The van der Waals surface area contributed by atoms with Gasteiger partial charge < -0.3 is 5.32 Å². The van der Waals surface area contributed by atoms with Gasteiger partial charge in [-0.15, -0.1) is 0 Å². The van der Waals surface area contributed by atoms with Crippen LogP contribution in [0.25, 0.3) is 0 Å². The van der Waals surface area contributed by atoms with E-state index in [-0.39, 0.29) is 0 Å². The van der Waals surface area contributed by atoms with Crippen molar-refractivity contribution in [3.05, 3.63) is 34.1 Å². The van der Waals surface area contributed by atoms with Crippen LogP contribution in [0.3, 0.4) is 0 Å². The smallest absolute Gasteiger partial charge is 0.105 e. The summed E-state index contributed by atoms with van der Waals surface area (Å²) in [5.41, 5.74) is 2.34. The van der Waals surface area contributed by atoms with Crippen molar-refractivity contribution in [3.63, 3.8) is 0 Å². The van der Waals surface area contributed by atoms with Gasteiger partial charge in [0.25, 0.3) is 0 Å². The van der Waals surface area contributed by atoms with Gasteiger partial charge in [-0.25, -0.2) is 4.98 Å². The largest absolute Gasteiger partial charge is 0.313 e. The molecule has 2 aromatic heterocycles. The van der Waals surface area contributed by atoms with Crippen LogP contribution >= 0.6 is 27.7 Å². The molecule has 0 amide bonds. The van der Waals surface area contributed by atoms with Crippen molar-refractivity contribution in [2.75, 3.05) is 6.54 Å². The van der Waals surface area contributed by atoms with E-state index in [4.69, 9.17) is 0 Å². The molecular formula is C14H19BrN4S. The third-order valence-corrected chi connectivity index (χ3v) is 4.54. The lowest BCUT2D eigenvalue weighted by Crippen LogP contribution is -2.14. The molecule has 0 aliphatic heterocycles. The average Bonchev–Trinajstić information content (AvgIpc) is 2.68. The predicted molar refractivity (Wildman–Crippen MR) is 86.0 cm³/mol. The van der Waals surface area contributed by atoms with Gasteiger partial charge >= 0.3 is 0 Å². The highest BCUT2D eigenvalue weighted by atomic mass is 79.9. The van der Waals surface area contributed by atoms with E-state index >= 15 is 0 Å². The highest BCUT2D eigenvalue weighted by molar-refractivity contribution is 9.10. The molecule has 0 unspecified atom stereocenters. The summed E-state index contributed by atoms with van der Waals surface area (Å²) in [6.45, 7) is 6.11. The predicted octanol–water partition coefficient (Wildman–Crippen LogP) is 3.54. The number of aromatic nitrogens is 3. The van der Waals surface area contributed by atoms with Crippen LogP contribution < -0.4 is 5.32 Å². The Hall–Kier alpha value is -0.850. The van der Waals surface area contributed by atoms with Crippen LogP contribution in [-0.4, -0.2) is 21.3 Å². The number of rotatable bonds is 6. The van der Waals surface area contributed by atoms with Crippen LogP contribution in [-0.2, 0) is 13.6 Å². The van der Waals surface area contributed by atoms with Crippen LogP contribution in [0.5, 0.6) is 0 Å². The molecule has 2 heterocycles. The molecule has 108 valence electrons. The molecule has 0 spiro atoms. The fourth-order valence-corrected chi connectivity index (χ4v) is 3.11. The van der Waals surface area contributed by atoms with E-state index in [1.165, 1.54) is 5.56 Å². The molecule has 0 fully saturated rings. The van der Waals surface area contributed by atoms with E-state index in [0.29, 0.717) is 0 Å². The van der Waals surface area contributed by atoms with Gasteiger partial charge in [0.2, 0.25) is 0 Å². The Balaban J connectivity index is 2.19. The first kappa shape index (κ1) is 15.5. The quantitative estimate of drug-likeness (QED) is 0.805. The van der Waals surface area contributed by atoms with Gasteiger partial charge in [0.1, 0.15) is 10.1 Å². The summed E-state index contributed by atoms with van der Waals surface area (Å²) >= 11 is 5.06. The molecule has 2 aromatic rings. The maximum absolute atomic E-state index is 4.52. The second-order valence-corrected chi connectivity index (χ2v) is 6.51. The Morgan fingerprint density at radius 2 is 2.20 bits per heavy atom. The molecule has 0 saturated carbocycles. The third-order valence-electron chi connectivity index (χ3n) is 2.92. The maximum Gasteiger partial charge on any atom is 0.105 e. The minimum Gasteiger partial charge on any atom is -0.313 e. The van der Waals surface area contributed by atoms with Crippen molar-refractivity contribution in [1.82, 2.24) is 20.1 Å². The van der Waals surface area contributed by atoms with Crippen molar-refractivity contribution in [2.24, 2.45) is 7.05 Å². The monoisotopic (exact) mass is 354 g/mol. The van der Waals surface area contributed by atoms with Gasteiger partial charge in [-0.2, -0.15) is 5.10 Å². The van der Waals surface area contributed by atoms with Crippen molar-refractivity contribution < 1.29 is 0 Å². The standard InChI is InChI=1S/C14H19BrN4S/c1-4-7-16-9-12-10(2)18-19(3)14(12)20-13-6-5-11(15)8-17-13/h5-6,8,16H,4,7,9H2,1-3H3. The summed E-state index contributed by atoms with van der Waals surface area (Å²) in [6.07, 6.45) is 2.95. The van der Waals surface area contributed by atoms with Gasteiger partial charge in [-0.3, -0.25) is 4.68 Å². The molecule has 0 atom stereocenters. The van der Waals surface area contributed by atoms with E-state index < -0.39 is 0 Å². The van der Waals surface area contributed by atoms with Crippen molar-refractivity contribution in [2.45, 2.75) is 36.9 Å². The SMILES string of the molecule is CCCNCc1c(C)nn(C)c1Sc1ccc(Br)cn1. The second-order valence-electron chi connectivity index (χ2n) is 4.59. The van der Waals surface area contributed by atoms with Crippen molar-refractivity contribution >= 4 is 27.7 Å². The number of hydrogen-bond donors (Lipinski definition) is 1. The fraction of sp³-hybridized carbons (Fsp3) is 0.429. The molecule has 0 saturated heterocycles. The van der Waals surface area contributed by atoms with Crippen molar-refractivity contribution in [3.8, 4) is 0 Å². The minimum atomic E-state index is 0.854. The molecule has 1 N–H and O–H groups in total. The van der Waals surface area contributed by atoms with Crippen LogP contribution in [0, 0.1) is 6.92 Å². The minimum absolute atomic E-state index is 0.854. The van der Waals surface area contributed by atoms with Gasteiger partial charge in [0.15, 0.2) is 0 Å². The first-order valence-electron chi connectivity index (χ1n) is 6.64. The van der Waals surface area contributed by atoms with E-state index in [1.807, 2.05) is 30.1 Å². The number of pyridine rings is 1. The number of aryl methyl sites for hydroxylation is 2. The van der Waals surface area contributed by atoms with E-state index in [9.17, 15) is 0 Å². The van der Waals surface area contributed by atoms with Crippen LogP contribution in [0.4, 0.5) is 0 Å². The number of nitrogens with one attached hydrogen (secondary N) is 1. The normalized spacial score (nSPS) is 11.0. The number of nitrogens with zero attached hydrogens (tertiary/aromatic N) is 3. The first-order chi connectivity index (χ1) is 9.61. The molecule has 0 aromatic carbocycles. The topological polar surface area (TPSA) is 42.7 Å². The maximum atomic E-state index is 4.52. The van der Waals surface area contributed by atoms with Gasteiger partial charge in [0, 0.05) is 29.8 Å².